The van der Waals surface area contributed by atoms with Crippen LogP contribution in [0, 0.1) is 12.8 Å². The highest BCUT2D eigenvalue weighted by Gasteiger charge is 2.23. The average Bonchev–Trinajstić information content (AvgIpc) is 2.96. The van der Waals surface area contributed by atoms with Crippen molar-refractivity contribution in [1.29, 1.82) is 0 Å². The molecule has 0 fully saturated rings. The SMILES string of the molecule is Cc1nc(C(NC(=O)c2ccc(OCC(F)F)nc2)C(C)C)n[nH]1. The summed E-state index contributed by atoms with van der Waals surface area (Å²) in [5, 5.41) is 9.67. The molecule has 0 saturated heterocycles. The zero-order valence-electron chi connectivity index (χ0n) is 13.6. The van der Waals surface area contributed by atoms with Crippen molar-refractivity contribution in [2.75, 3.05) is 6.61 Å². The van der Waals surface area contributed by atoms with Crippen LogP contribution in [0.2, 0.25) is 0 Å². The smallest absolute Gasteiger partial charge is 0.272 e. The Balaban J connectivity index is 2.04. The topological polar surface area (TPSA) is 92.8 Å². The predicted octanol–water partition coefficient (Wildman–Crippen LogP) is 2.28. The number of amides is 1. The molecule has 0 aromatic carbocycles. The molecule has 2 aromatic heterocycles. The van der Waals surface area contributed by atoms with E-state index in [1.54, 1.807) is 6.92 Å². The number of halogens is 2. The van der Waals surface area contributed by atoms with Gasteiger partial charge in [0.25, 0.3) is 12.3 Å². The van der Waals surface area contributed by atoms with Crippen molar-refractivity contribution in [3.63, 3.8) is 0 Å². The Hall–Kier alpha value is -2.58. The van der Waals surface area contributed by atoms with Crippen LogP contribution in [-0.2, 0) is 0 Å². The third-order valence-electron chi connectivity index (χ3n) is 3.20. The molecule has 0 radical (unpaired) electrons. The third kappa shape index (κ3) is 4.71. The molecule has 0 bridgehead atoms. The molecular formula is C15H19F2N5O2. The Kier molecular flexibility index (Phi) is 5.78. The first kappa shape index (κ1) is 17.8. The van der Waals surface area contributed by atoms with Gasteiger partial charge in [0.2, 0.25) is 5.88 Å². The van der Waals surface area contributed by atoms with Gasteiger partial charge in [-0.05, 0) is 18.9 Å². The Bertz CT molecular complexity index is 673. The summed E-state index contributed by atoms with van der Waals surface area (Å²) in [6.45, 7) is 4.92. The van der Waals surface area contributed by atoms with Crippen molar-refractivity contribution in [2.45, 2.75) is 33.2 Å². The van der Waals surface area contributed by atoms with E-state index in [4.69, 9.17) is 4.74 Å². The molecular weight excluding hydrogens is 320 g/mol. The zero-order chi connectivity index (χ0) is 17.7. The number of alkyl halides is 2. The van der Waals surface area contributed by atoms with Crippen molar-refractivity contribution in [3.8, 4) is 5.88 Å². The predicted molar refractivity (Wildman–Crippen MR) is 81.9 cm³/mol. The molecule has 1 unspecified atom stereocenters. The molecule has 0 aliphatic carbocycles. The summed E-state index contributed by atoms with van der Waals surface area (Å²) in [7, 11) is 0. The van der Waals surface area contributed by atoms with Crippen LogP contribution in [0.5, 0.6) is 5.88 Å². The van der Waals surface area contributed by atoms with E-state index < -0.39 is 13.0 Å². The van der Waals surface area contributed by atoms with Gasteiger partial charge >= 0.3 is 0 Å². The highest BCUT2D eigenvalue weighted by atomic mass is 19.3. The second-order valence-electron chi connectivity index (χ2n) is 5.56. The fourth-order valence-electron chi connectivity index (χ4n) is 2.00. The number of aryl methyl sites for hydroxylation is 1. The van der Waals surface area contributed by atoms with Gasteiger partial charge < -0.3 is 10.1 Å². The van der Waals surface area contributed by atoms with Gasteiger partial charge in [0.1, 0.15) is 5.82 Å². The molecule has 2 heterocycles. The van der Waals surface area contributed by atoms with Crippen molar-refractivity contribution in [3.05, 3.63) is 35.5 Å². The number of rotatable bonds is 7. The molecule has 2 N–H and O–H groups in total. The minimum atomic E-state index is -2.58. The molecule has 9 heteroatoms. The maximum absolute atomic E-state index is 12.3. The van der Waals surface area contributed by atoms with E-state index in [1.807, 2.05) is 13.8 Å². The van der Waals surface area contributed by atoms with Crippen molar-refractivity contribution >= 4 is 5.91 Å². The van der Waals surface area contributed by atoms with Crippen molar-refractivity contribution in [2.24, 2.45) is 5.92 Å². The lowest BCUT2D eigenvalue weighted by molar-refractivity contribution is 0.0794. The summed E-state index contributed by atoms with van der Waals surface area (Å²) in [6.07, 6.45) is -1.30. The molecule has 24 heavy (non-hydrogen) atoms. The number of aromatic amines is 1. The van der Waals surface area contributed by atoms with Gasteiger partial charge in [0.05, 0.1) is 11.6 Å². The fraction of sp³-hybridized carbons (Fsp3) is 0.467. The van der Waals surface area contributed by atoms with Gasteiger partial charge in [0.15, 0.2) is 12.4 Å². The molecule has 0 spiro atoms. The molecule has 2 rings (SSSR count). The summed E-state index contributed by atoms with van der Waals surface area (Å²) in [5.41, 5.74) is 0.289. The summed E-state index contributed by atoms with van der Waals surface area (Å²) >= 11 is 0. The first-order chi connectivity index (χ1) is 11.4. The minimum Gasteiger partial charge on any atom is -0.472 e. The summed E-state index contributed by atoms with van der Waals surface area (Å²) in [4.78, 5) is 20.4. The highest BCUT2D eigenvalue weighted by Crippen LogP contribution is 2.19. The van der Waals surface area contributed by atoms with Crippen LogP contribution in [0.1, 0.15) is 41.9 Å². The third-order valence-corrected chi connectivity index (χ3v) is 3.20. The summed E-state index contributed by atoms with van der Waals surface area (Å²) in [5.74, 6) is 0.916. The molecule has 130 valence electrons. The standard InChI is InChI=1S/C15H19F2N5O2/c1-8(2)13(14-19-9(3)21-22-14)20-15(23)10-4-5-12(18-6-10)24-7-11(16)17/h4-6,8,11,13H,7H2,1-3H3,(H,20,23)(H,19,21,22). The summed E-state index contributed by atoms with van der Waals surface area (Å²) < 4.78 is 28.9. The fourth-order valence-corrected chi connectivity index (χ4v) is 2.00. The highest BCUT2D eigenvalue weighted by molar-refractivity contribution is 5.94. The first-order valence-corrected chi connectivity index (χ1v) is 7.43. The van der Waals surface area contributed by atoms with E-state index in [0.29, 0.717) is 11.6 Å². The molecule has 0 aliphatic rings. The molecule has 2 aromatic rings. The van der Waals surface area contributed by atoms with Crippen LogP contribution in [0.4, 0.5) is 8.78 Å². The van der Waals surface area contributed by atoms with Gasteiger partial charge in [0, 0.05) is 12.3 Å². The summed E-state index contributed by atoms with van der Waals surface area (Å²) in [6, 6.07) is 2.47. The average molecular weight is 339 g/mol. The van der Waals surface area contributed by atoms with Crippen LogP contribution in [0.25, 0.3) is 0 Å². The second kappa shape index (κ2) is 7.80. The van der Waals surface area contributed by atoms with E-state index in [1.165, 1.54) is 18.3 Å². The van der Waals surface area contributed by atoms with Crippen LogP contribution in [0.3, 0.4) is 0 Å². The Morgan fingerprint density at radius 3 is 2.62 bits per heavy atom. The van der Waals surface area contributed by atoms with Gasteiger partial charge in [-0.25, -0.2) is 18.7 Å². The van der Waals surface area contributed by atoms with Gasteiger partial charge in [-0.15, -0.1) is 0 Å². The number of pyridine rings is 1. The number of nitrogens with one attached hydrogen (secondary N) is 2. The van der Waals surface area contributed by atoms with Crippen LogP contribution >= 0.6 is 0 Å². The van der Waals surface area contributed by atoms with E-state index >= 15 is 0 Å². The first-order valence-electron chi connectivity index (χ1n) is 7.43. The normalized spacial score (nSPS) is 12.5. The molecule has 1 atom stereocenters. The van der Waals surface area contributed by atoms with E-state index in [9.17, 15) is 13.6 Å². The van der Waals surface area contributed by atoms with Crippen molar-refractivity contribution in [1.82, 2.24) is 25.5 Å². The van der Waals surface area contributed by atoms with E-state index in [2.05, 4.69) is 25.5 Å². The maximum Gasteiger partial charge on any atom is 0.272 e. The number of aromatic nitrogens is 4. The molecule has 7 nitrogen and oxygen atoms in total. The van der Waals surface area contributed by atoms with E-state index in [0.717, 1.165) is 0 Å². The molecule has 0 saturated carbocycles. The number of nitrogens with zero attached hydrogens (tertiary/aromatic N) is 3. The van der Waals surface area contributed by atoms with Crippen LogP contribution in [-0.4, -0.2) is 39.1 Å². The van der Waals surface area contributed by atoms with Gasteiger partial charge in [-0.2, -0.15) is 5.10 Å². The van der Waals surface area contributed by atoms with Gasteiger partial charge in [-0.3, -0.25) is 9.89 Å². The molecule has 1 amide bonds. The number of hydrogen-bond acceptors (Lipinski definition) is 5. The maximum atomic E-state index is 12.3. The largest absolute Gasteiger partial charge is 0.472 e. The number of carbonyl (C=O) groups is 1. The van der Waals surface area contributed by atoms with E-state index in [-0.39, 0.29) is 29.3 Å². The van der Waals surface area contributed by atoms with Crippen molar-refractivity contribution < 1.29 is 18.3 Å². The lowest BCUT2D eigenvalue weighted by atomic mass is 10.0. The van der Waals surface area contributed by atoms with Gasteiger partial charge in [-0.1, -0.05) is 13.8 Å². The monoisotopic (exact) mass is 339 g/mol. The number of carbonyl (C=O) groups excluding carboxylic acids is 1. The Labute approximate surface area is 137 Å². The zero-order valence-corrected chi connectivity index (χ0v) is 13.6. The Morgan fingerprint density at radius 1 is 1.38 bits per heavy atom. The molecule has 0 aliphatic heterocycles. The number of H-pyrrole nitrogens is 1. The Morgan fingerprint density at radius 2 is 2.12 bits per heavy atom. The van der Waals surface area contributed by atoms with Crippen LogP contribution < -0.4 is 10.1 Å². The quantitative estimate of drug-likeness (QED) is 0.807. The lowest BCUT2D eigenvalue weighted by Crippen LogP contribution is -2.32. The second-order valence-corrected chi connectivity index (χ2v) is 5.56. The number of hydrogen-bond donors (Lipinski definition) is 2. The number of ether oxygens (including phenoxy) is 1. The van der Waals surface area contributed by atoms with Crippen LogP contribution in [0.15, 0.2) is 18.3 Å². The minimum absolute atomic E-state index is 0.0388. The lowest BCUT2D eigenvalue weighted by Gasteiger charge is -2.19.